The zero-order valence-electron chi connectivity index (χ0n) is 24.4. The molecule has 1 aromatic carbocycles. The second-order valence-corrected chi connectivity index (χ2v) is 18.6. The summed E-state index contributed by atoms with van der Waals surface area (Å²) in [7, 11) is -1.79. The topological polar surface area (TPSA) is 38.7 Å². The molecule has 3 nitrogen and oxygen atoms in total. The molecule has 0 amide bonds. The van der Waals surface area contributed by atoms with Crippen LogP contribution in [-0.4, -0.2) is 32.2 Å². The van der Waals surface area contributed by atoms with Gasteiger partial charge in [-0.15, -0.1) is 0 Å². The van der Waals surface area contributed by atoms with Crippen LogP contribution in [0.1, 0.15) is 66.9 Å². The van der Waals surface area contributed by atoms with E-state index in [1.807, 2.05) is 18.2 Å². The van der Waals surface area contributed by atoms with Crippen molar-refractivity contribution in [2.45, 2.75) is 91.6 Å². The molecule has 0 spiro atoms. The van der Waals surface area contributed by atoms with Crippen LogP contribution in [0.25, 0.3) is 0 Å². The maximum absolute atomic E-state index is 11.9. The highest BCUT2D eigenvalue weighted by Gasteiger charge is 2.55. The van der Waals surface area contributed by atoms with Gasteiger partial charge in [-0.2, -0.15) is 0 Å². The van der Waals surface area contributed by atoms with Crippen molar-refractivity contribution in [1.82, 2.24) is 0 Å². The van der Waals surface area contributed by atoms with Gasteiger partial charge in [-0.05, 0) is 66.1 Å². The minimum atomic E-state index is -1.79. The van der Waals surface area contributed by atoms with Gasteiger partial charge >= 0.3 is 0 Å². The van der Waals surface area contributed by atoms with E-state index in [0.29, 0.717) is 36.9 Å². The fraction of sp³-hybridized carbons (Fsp3) is 0.688. The molecule has 36 heavy (non-hydrogen) atoms. The van der Waals surface area contributed by atoms with Crippen LogP contribution in [0.2, 0.25) is 18.1 Å². The summed E-state index contributed by atoms with van der Waals surface area (Å²) in [5, 5.41) is 12.1. The average molecular weight is 513 g/mol. The fourth-order valence-electron chi connectivity index (χ4n) is 5.70. The lowest BCUT2D eigenvalue weighted by Crippen LogP contribution is -2.56. The summed E-state index contributed by atoms with van der Waals surface area (Å²) in [5.41, 5.74) is 0.133. The summed E-state index contributed by atoms with van der Waals surface area (Å²) in [6.07, 6.45) is 10.8. The molecule has 1 fully saturated rings. The van der Waals surface area contributed by atoms with Crippen molar-refractivity contribution in [3.63, 3.8) is 0 Å². The summed E-state index contributed by atoms with van der Waals surface area (Å²) in [4.78, 5) is 0. The Morgan fingerprint density at radius 2 is 1.75 bits per heavy atom. The normalized spacial score (nSPS) is 30.3. The first kappa shape index (κ1) is 29.4. The molecule has 202 valence electrons. The SMILES string of the molecule is CC(C)[C@@H](CO[Si](C)(C)C(C)(C)C)[C@@H]1C[C@@]2(C)C=C[C@H]1C[C@]2(O)/C=C/[C@H](C)COCc1ccccc1. The molecule has 3 aliphatic rings. The Hall–Kier alpha value is -1.20. The molecule has 0 heterocycles. The van der Waals surface area contributed by atoms with E-state index in [1.54, 1.807) is 0 Å². The highest BCUT2D eigenvalue weighted by Crippen LogP contribution is 2.57. The monoisotopic (exact) mass is 512 g/mol. The summed E-state index contributed by atoms with van der Waals surface area (Å²) in [5.74, 6) is 2.25. The van der Waals surface area contributed by atoms with Crippen LogP contribution in [0.3, 0.4) is 0 Å². The third-order valence-electron chi connectivity index (χ3n) is 9.50. The highest BCUT2D eigenvalue weighted by atomic mass is 28.4. The lowest BCUT2D eigenvalue weighted by Gasteiger charge is -2.57. The summed E-state index contributed by atoms with van der Waals surface area (Å²) < 4.78 is 12.7. The summed E-state index contributed by atoms with van der Waals surface area (Å²) in [6, 6.07) is 10.3. The first-order valence-electron chi connectivity index (χ1n) is 14.0. The van der Waals surface area contributed by atoms with Crippen molar-refractivity contribution in [2.75, 3.05) is 13.2 Å². The van der Waals surface area contributed by atoms with Gasteiger partial charge in [0.05, 0.1) is 18.8 Å². The van der Waals surface area contributed by atoms with Crippen LogP contribution in [-0.2, 0) is 15.8 Å². The van der Waals surface area contributed by atoms with Crippen molar-refractivity contribution in [2.24, 2.45) is 35.0 Å². The molecule has 1 saturated carbocycles. The molecule has 6 atom stereocenters. The van der Waals surface area contributed by atoms with Gasteiger partial charge < -0.3 is 14.3 Å². The third kappa shape index (κ3) is 6.62. The van der Waals surface area contributed by atoms with Crippen LogP contribution < -0.4 is 0 Å². The zero-order valence-corrected chi connectivity index (χ0v) is 25.4. The van der Waals surface area contributed by atoms with Crippen LogP contribution in [0, 0.1) is 35.0 Å². The Morgan fingerprint density at radius 1 is 1.08 bits per heavy atom. The van der Waals surface area contributed by atoms with Crippen molar-refractivity contribution < 1.29 is 14.3 Å². The molecular formula is C32H52O3Si. The van der Waals surface area contributed by atoms with Gasteiger partial charge in [0.2, 0.25) is 0 Å². The fourth-order valence-corrected chi connectivity index (χ4v) is 6.74. The Labute approximate surface area is 222 Å². The molecule has 4 heteroatoms. The van der Waals surface area contributed by atoms with Gasteiger partial charge in [-0.25, -0.2) is 0 Å². The van der Waals surface area contributed by atoms with Gasteiger partial charge in [-0.1, -0.05) is 103 Å². The lowest BCUT2D eigenvalue weighted by atomic mass is 9.51. The number of ether oxygens (including phenoxy) is 1. The minimum absolute atomic E-state index is 0.221. The average Bonchev–Trinajstić information content (AvgIpc) is 2.79. The molecule has 0 unspecified atom stereocenters. The van der Waals surface area contributed by atoms with Crippen molar-refractivity contribution in [3.8, 4) is 0 Å². The first-order valence-corrected chi connectivity index (χ1v) is 16.9. The Kier molecular flexibility index (Phi) is 9.19. The first-order chi connectivity index (χ1) is 16.7. The molecule has 2 bridgehead atoms. The van der Waals surface area contributed by atoms with E-state index < -0.39 is 13.9 Å². The van der Waals surface area contributed by atoms with E-state index in [4.69, 9.17) is 9.16 Å². The van der Waals surface area contributed by atoms with E-state index in [1.165, 1.54) is 5.56 Å². The predicted molar refractivity (Wildman–Crippen MR) is 154 cm³/mol. The van der Waals surface area contributed by atoms with E-state index in [9.17, 15) is 5.11 Å². The number of allylic oxidation sites excluding steroid dienone is 1. The lowest BCUT2D eigenvalue weighted by molar-refractivity contribution is -0.0996. The summed E-state index contributed by atoms with van der Waals surface area (Å²) >= 11 is 0. The number of aliphatic hydroxyl groups is 1. The number of benzene rings is 1. The standard InChI is InChI=1S/C32H52O3Si/c1-24(2)29(23-35-36(8,9)30(4,5)6)28-20-31(7)17-16-27(28)19-32(31,33)18-15-25(3)21-34-22-26-13-11-10-12-14-26/h10-18,24-25,27-29,33H,19-23H2,1-9H3/b18-15+/t25-,27-,28+,29+,31+,32+/m0/s1. The van der Waals surface area contributed by atoms with Crippen LogP contribution in [0.5, 0.6) is 0 Å². The molecule has 1 N–H and O–H groups in total. The minimum Gasteiger partial charge on any atom is -0.417 e. The van der Waals surface area contributed by atoms with E-state index in [2.05, 4.69) is 98.0 Å². The van der Waals surface area contributed by atoms with Gasteiger partial charge in [0.15, 0.2) is 8.32 Å². The maximum Gasteiger partial charge on any atom is 0.191 e. The largest absolute Gasteiger partial charge is 0.417 e. The van der Waals surface area contributed by atoms with Crippen molar-refractivity contribution in [3.05, 3.63) is 60.2 Å². The second-order valence-electron chi connectivity index (χ2n) is 13.8. The number of hydrogen-bond acceptors (Lipinski definition) is 3. The van der Waals surface area contributed by atoms with Gasteiger partial charge in [0.1, 0.15) is 0 Å². The number of hydrogen-bond donors (Lipinski definition) is 1. The number of fused-ring (bicyclic) bond motifs is 2. The Bertz CT molecular complexity index is 900. The van der Waals surface area contributed by atoms with Gasteiger partial charge in [0.25, 0.3) is 0 Å². The highest BCUT2D eigenvalue weighted by molar-refractivity contribution is 6.74. The van der Waals surface area contributed by atoms with Crippen LogP contribution >= 0.6 is 0 Å². The molecule has 0 radical (unpaired) electrons. The van der Waals surface area contributed by atoms with Gasteiger partial charge in [0, 0.05) is 12.0 Å². The molecule has 4 rings (SSSR count). The molecule has 3 aliphatic carbocycles. The molecule has 0 aromatic heterocycles. The maximum atomic E-state index is 11.9. The molecule has 0 aliphatic heterocycles. The smallest absolute Gasteiger partial charge is 0.191 e. The number of rotatable bonds is 11. The third-order valence-corrected chi connectivity index (χ3v) is 14.0. The Balaban J connectivity index is 1.63. The summed E-state index contributed by atoms with van der Waals surface area (Å²) in [6.45, 7) is 22.9. The van der Waals surface area contributed by atoms with E-state index in [0.717, 1.165) is 19.4 Å². The van der Waals surface area contributed by atoms with Gasteiger partial charge in [-0.3, -0.25) is 0 Å². The van der Waals surface area contributed by atoms with Crippen LogP contribution in [0.4, 0.5) is 0 Å². The second kappa shape index (κ2) is 11.3. The van der Waals surface area contributed by atoms with Crippen molar-refractivity contribution in [1.29, 1.82) is 0 Å². The van der Waals surface area contributed by atoms with Crippen LogP contribution in [0.15, 0.2) is 54.6 Å². The predicted octanol–water partition coefficient (Wildman–Crippen LogP) is 8.02. The molecular weight excluding hydrogens is 460 g/mol. The molecule has 0 saturated heterocycles. The van der Waals surface area contributed by atoms with E-state index in [-0.39, 0.29) is 16.4 Å². The van der Waals surface area contributed by atoms with Crippen molar-refractivity contribution >= 4 is 8.32 Å². The van der Waals surface area contributed by atoms with E-state index >= 15 is 0 Å². The zero-order chi connectivity index (χ0) is 26.8. The molecule has 1 aromatic rings. The Morgan fingerprint density at radius 3 is 2.33 bits per heavy atom. The quantitative estimate of drug-likeness (QED) is 0.241.